The molecule has 0 saturated heterocycles. The molecule has 0 bridgehead atoms. The maximum absolute atomic E-state index is 13.5. The molecule has 6 heteroatoms. The molecule has 0 aromatic heterocycles. The molecule has 1 heterocycles. The number of anilines is 1. The molecule has 0 spiro atoms. The number of carbonyl (C=O) groups is 2. The van der Waals surface area contributed by atoms with E-state index in [1.165, 1.54) is 0 Å². The van der Waals surface area contributed by atoms with E-state index in [-0.39, 0.29) is 5.84 Å². The van der Waals surface area contributed by atoms with Crippen molar-refractivity contribution < 1.29 is 19.1 Å². The van der Waals surface area contributed by atoms with Crippen molar-refractivity contribution >= 4 is 29.1 Å². The lowest BCUT2D eigenvalue weighted by Crippen LogP contribution is -2.48. The van der Waals surface area contributed by atoms with Gasteiger partial charge in [0.15, 0.2) is 6.04 Å². The Labute approximate surface area is 190 Å². The molecule has 1 aliphatic heterocycles. The lowest BCUT2D eigenvalue weighted by Gasteiger charge is -2.37. The van der Waals surface area contributed by atoms with Gasteiger partial charge in [0.2, 0.25) is 5.84 Å². The summed E-state index contributed by atoms with van der Waals surface area (Å²) in [4.78, 5) is 33.0. The summed E-state index contributed by atoms with van der Waals surface area (Å²) in [6, 6.07) is 12.4. The van der Waals surface area contributed by atoms with Crippen LogP contribution in [0, 0.1) is 13.8 Å². The standard InChI is InChI=1S/C26H32N2O4/c1-16-9-12-18(13-10-16)28-21(23(29)31-25(3,4)5)19-15-17(2)11-14-20(19)27-22(28)24(30)32-26(6,7)8/h9-15,21H,1-8H3. The minimum Gasteiger partial charge on any atom is -0.458 e. The summed E-state index contributed by atoms with van der Waals surface area (Å²) >= 11 is 0. The molecule has 6 nitrogen and oxygen atoms in total. The lowest BCUT2D eigenvalue weighted by atomic mass is 9.97. The van der Waals surface area contributed by atoms with Crippen molar-refractivity contribution in [1.29, 1.82) is 0 Å². The molecule has 0 fully saturated rings. The molecule has 0 amide bonds. The van der Waals surface area contributed by atoms with Crippen molar-refractivity contribution in [1.82, 2.24) is 0 Å². The van der Waals surface area contributed by atoms with Crippen LogP contribution in [0.2, 0.25) is 0 Å². The van der Waals surface area contributed by atoms with Gasteiger partial charge in [-0.2, -0.15) is 0 Å². The lowest BCUT2D eigenvalue weighted by molar-refractivity contribution is -0.156. The Morgan fingerprint density at radius 2 is 1.41 bits per heavy atom. The highest BCUT2D eigenvalue weighted by Gasteiger charge is 2.42. The topological polar surface area (TPSA) is 68.2 Å². The highest BCUT2D eigenvalue weighted by molar-refractivity contribution is 6.42. The molecule has 1 unspecified atom stereocenters. The first-order chi connectivity index (χ1) is 14.7. The number of ether oxygens (including phenoxy) is 2. The predicted molar refractivity (Wildman–Crippen MR) is 126 cm³/mol. The first-order valence-electron chi connectivity index (χ1n) is 10.8. The van der Waals surface area contributed by atoms with Crippen LogP contribution in [0.1, 0.15) is 64.3 Å². The van der Waals surface area contributed by atoms with Crippen LogP contribution in [0.4, 0.5) is 11.4 Å². The van der Waals surface area contributed by atoms with Gasteiger partial charge < -0.3 is 14.4 Å². The number of aliphatic imine (C=N–C) groups is 1. The molecule has 2 aromatic carbocycles. The van der Waals surface area contributed by atoms with Crippen LogP contribution in [-0.4, -0.2) is 29.0 Å². The maximum atomic E-state index is 13.5. The summed E-state index contributed by atoms with van der Waals surface area (Å²) in [5.41, 5.74) is 2.53. The van der Waals surface area contributed by atoms with Crippen molar-refractivity contribution in [3.8, 4) is 0 Å². The third-order valence-electron chi connectivity index (χ3n) is 4.71. The van der Waals surface area contributed by atoms with E-state index >= 15 is 0 Å². The molecule has 0 N–H and O–H groups in total. The molecule has 32 heavy (non-hydrogen) atoms. The smallest absolute Gasteiger partial charge is 0.375 e. The maximum Gasteiger partial charge on any atom is 0.375 e. The predicted octanol–water partition coefficient (Wildman–Crippen LogP) is 5.58. The summed E-state index contributed by atoms with van der Waals surface area (Å²) < 4.78 is 11.4. The minimum atomic E-state index is -0.883. The summed E-state index contributed by atoms with van der Waals surface area (Å²) in [6.45, 7) is 14.8. The van der Waals surface area contributed by atoms with Crippen molar-refractivity contribution in [3.63, 3.8) is 0 Å². The Morgan fingerprint density at radius 1 is 0.844 bits per heavy atom. The second kappa shape index (κ2) is 8.41. The van der Waals surface area contributed by atoms with Crippen LogP contribution in [0.15, 0.2) is 47.5 Å². The second-order valence-electron chi connectivity index (χ2n) is 10.1. The third kappa shape index (κ3) is 5.36. The number of carbonyl (C=O) groups excluding carboxylic acids is 2. The van der Waals surface area contributed by atoms with Crippen LogP contribution in [-0.2, 0) is 19.1 Å². The van der Waals surface area contributed by atoms with Gasteiger partial charge >= 0.3 is 11.9 Å². The monoisotopic (exact) mass is 436 g/mol. The highest BCUT2D eigenvalue weighted by atomic mass is 16.6. The Morgan fingerprint density at radius 3 is 1.97 bits per heavy atom. The van der Waals surface area contributed by atoms with E-state index in [1.807, 2.05) is 77.1 Å². The van der Waals surface area contributed by atoms with E-state index in [4.69, 9.17) is 9.47 Å². The zero-order chi connectivity index (χ0) is 23.8. The SMILES string of the molecule is Cc1ccc(N2C(C(=O)OC(C)(C)C)=Nc3ccc(C)cc3C2C(=O)OC(C)(C)C)cc1. The quantitative estimate of drug-likeness (QED) is 0.588. The molecule has 0 aliphatic carbocycles. The number of hydrogen-bond acceptors (Lipinski definition) is 6. The van der Waals surface area contributed by atoms with Crippen molar-refractivity contribution in [2.45, 2.75) is 72.6 Å². The van der Waals surface area contributed by atoms with Crippen LogP contribution < -0.4 is 4.90 Å². The van der Waals surface area contributed by atoms with E-state index in [2.05, 4.69) is 4.99 Å². The van der Waals surface area contributed by atoms with Crippen molar-refractivity contribution in [3.05, 3.63) is 59.2 Å². The summed E-state index contributed by atoms with van der Waals surface area (Å²) in [6.07, 6.45) is 0. The zero-order valence-electron chi connectivity index (χ0n) is 20.1. The molecule has 0 saturated carbocycles. The Hall–Kier alpha value is -3.15. The molecular weight excluding hydrogens is 404 g/mol. The molecule has 170 valence electrons. The molecule has 0 radical (unpaired) electrons. The number of fused-ring (bicyclic) bond motifs is 1. The van der Waals surface area contributed by atoms with E-state index in [0.717, 1.165) is 11.1 Å². The normalized spacial score (nSPS) is 16.2. The van der Waals surface area contributed by atoms with Gasteiger partial charge in [0.1, 0.15) is 11.2 Å². The number of benzene rings is 2. The van der Waals surface area contributed by atoms with E-state index in [9.17, 15) is 9.59 Å². The largest absolute Gasteiger partial charge is 0.458 e. The molecule has 2 aromatic rings. The number of rotatable bonds is 3. The Balaban J connectivity index is 2.24. The first kappa shape index (κ1) is 23.5. The second-order valence-corrected chi connectivity index (χ2v) is 10.1. The van der Waals surface area contributed by atoms with Gasteiger partial charge in [0, 0.05) is 11.3 Å². The minimum absolute atomic E-state index is 0.0518. The van der Waals surface area contributed by atoms with Crippen LogP contribution in [0.25, 0.3) is 0 Å². The Kier molecular flexibility index (Phi) is 6.18. The number of amidine groups is 1. The zero-order valence-corrected chi connectivity index (χ0v) is 20.1. The fourth-order valence-corrected chi connectivity index (χ4v) is 3.46. The fraction of sp³-hybridized carbons (Fsp3) is 0.423. The molecule has 3 rings (SSSR count). The van der Waals surface area contributed by atoms with Gasteiger partial charge in [-0.25, -0.2) is 14.6 Å². The van der Waals surface area contributed by atoms with Crippen molar-refractivity contribution in [2.75, 3.05) is 4.90 Å². The van der Waals surface area contributed by atoms with E-state index < -0.39 is 29.2 Å². The number of nitrogens with zero attached hydrogens (tertiary/aromatic N) is 2. The van der Waals surface area contributed by atoms with E-state index in [1.54, 1.807) is 25.7 Å². The van der Waals surface area contributed by atoms with Gasteiger partial charge in [-0.3, -0.25) is 0 Å². The average molecular weight is 437 g/mol. The van der Waals surface area contributed by atoms with E-state index in [0.29, 0.717) is 16.9 Å². The average Bonchev–Trinajstić information content (AvgIpc) is 2.64. The molecule has 1 aliphatic rings. The van der Waals surface area contributed by atoms with Gasteiger partial charge in [-0.15, -0.1) is 0 Å². The van der Waals surface area contributed by atoms with Crippen LogP contribution in [0.5, 0.6) is 0 Å². The Bertz CT molecular complexity index is 1060. The first-order valence-corrected chi connectivity index (χ1v) is 10.8. The van der Waals surface area contributed by atoms with Crippen LogP contribution >= 0.6 is 0 Å². The fourth-order valence-electron chi connectivity index (χ4n) is 3.46. The van der Waals surface area contributed by atoms with Gasteiger partial charge in [-0.05, 0) is 73.6 Å². The van der Waals surface area contributed by atoms with Gasteiger partial charge in [0.25, 0.3) is 0 Å². The third-order valence-corrected chi connectivity index (χ3v) is 4.71. The summed E-state index contributed by atoms with van der Waals surface area (Å²) in [5.74, 6) is -1.00. The number of esters is 2. The van der Waals surface area contributed by atoms with Gasteiger partial charge in [0.05, 0.1) is 5.69 Å². The van der Waals surface area contributed by atoms with Crippen molar-refractivity contribution in [2.24, 2.45) is 4.99 Å². The highest BCUT2D eigenvalue weighted by Crippen LogP contribution is 2.40. The summed E-state index contributed by atoms with van der Waals surface area (Å²) in [5, 5.41) is 0. The number of aryl methyl sites for hydroxylation is 2. The van der Waals surface area contributed by atoms with Gasteiger partial charge in [-0.1, -0.05) is 35.4 Å². The molecular formula is C26H32N2O4. The molecule has 1 atom stereocenters. The number of hydrogen-bond donors (Lipinski definition) is 0. The van der Waals surface area contributed by atoms with Crippen LogP contribution in [0.3, 0.4) is 0 Å². The summed E-state index contributed by atoms with van der Waals surface area (Å²) in [7, 11) is 0.